The van der Waals surface area contributed by atoms with Crippen LogP contribution in [-0.2, 0) is 0 Å². The summed E-state index contributed by atoms with van der Waals surface area (Å²) >= 11 is 5.73. The van der Waals surface area contributed by atoms with Crippen molar-refractivity contribution in [3.05, 3.63) is 41.1 Å². The molecule has 0 atom stereocenters. The molecule has 94 valence electrons. The van der Waals surface area contributed by atoms with Gasteiger partial charge in [0.25, 0.3) is 0 Å². The first-order valence-electron chi connectivity index (χ1n) is 5.20. The molecular formula is C12H11ClFN3O. The summed E-state index contributed by atoms with van der Waals surface area (Å²) in [5.74, 6) is 0.582. The fourth-order valence-corrected chi connectivity index (χ4v) is 1.58. The Morgan fingerprint density at radius 1 is 1.39 bits per heavy atom. The number of anilines is 2. The summed E-state index contributed by atoms with van der Waals surface area (Å²) in [6.45, 7) is 1.84. The number of aryl methyl sites for hydroxylation is 1. The molecule has 1 aromatic heterocycles. The van der Waals surface area contributed by atoms with Crippen molar-refractivity contribution in [3.8, 4) is 5.75 Å². The van der Waals surface area contributed by atoms with E-state index in [9.17, 15) is 4.39 Å². The number of methoxy groups -OCH3 is 1. The number of benzene rings is 1. The van der Waals surface area contributed by atoms with Crippen molar-refractivity contribution < 1.29 is 9.13 Å². The molecular weight excluding hydrogens is 257 g/mol. The van der Waals surface area contributed by atoms with Gasteiger partial charge in [-0.2, -0.15) is 0 Å². The van der Waals surface area contributed by atoms with Crippen molar-refractivity contribution in [2.75, 3.05) is 12.4 Å². The van der Waals surface area contributed by atoms with E-state index >= 15 is 0 Å². The van der Waals surface area contributed by atoms with Crippen LogP contribution in [0, 0.1) is 12.7 Å². The van der Waals surface area contributed by atoms with Crippen LogP contribution in [0.3, 0.4) is 0 Å². The summed E-state index contributed by atoms with van der Waals surface area (Å²) in [7, 11) is 1.47. The quantitative estimate of drug-likeness (QED) is 0.867. The molecule has 0 aliphatic carbocycles. The van der Waals surface area contributed by atoms with Gasteiger partial charge in [-0.15, -0.1) is 0 Å². The van der Waals surface area contributed by atoms with E-state index in [2.05, 4.69) is 15.3 Å². The molecule has 0 amide bonds. The fourth-order valence-electron chi connectivity index (χ4n) is 1.44. The maximum absolute atomic E-state index is 13.1. The monoisotopic (exact) mass is 267 g/mol. The van der Waals surface area contributed by atoms with Gasteiger partial charge in [-0.3, -0.25) is 0 Å². The first-order valence-corrected chi connectivity index (χ1v) is 5.57. The van der Waals surface area contributed by atoms with Crippen LogP contribution in [0.4, 0.5) is 15.9 Å². The Balaban J connectivity index is 2.36. The minimum Gasteiger partial charge on any atom is -0.494 e. The zero-order valence-electron chi connectivity index (χ0n) is 9.87. The van der Waals surface area contributed by atoms with Crippen LogP contribution in [0.5, 0.6) is 5.75 Å². The Bertz CT molecular complexity index is 577. The summed E-state index contributed by atoms with van der Waals surface area (Å²) in [4.78, 5) is 7.92. The van der Waals surface area contributed by atoms with Gasteiger partial charge in [-0.05, 0) is 30.7 Å². The highest BCUT2D eigenvalue weighted by molar-refractivity contribution is 6.28. The Kier molecular flexibility index (Phi) is 3.62. The van der Waals surface area contributed by atoms with E-state index in [0.717, 1.165) is 5.56 Å². The van der Waals surface area contributed by atoms with Crippen LogP contribution < -0.4 is 10.1 Å². The Morgan fingerprint density at radius 2 is 2.17 bits per heavy atom. The lowest BCUT2D eigenvalue weighted by Gasteiger charge is -2.12. The van der Waals surface area contributed by atoms with E-state index in [1.165, 1.54) is 19.2 Å². The molecule has 0 radical (unpaired) electrons. The zero-order chi connectivity index (χ0) is 13.1. The zero-order valence-corrected chi connectivity index (χ0v) is 10.6. The van der Waals surface area contributed by atoms with E-state index in [-0.39, 0.29) is 11.1 Å². The summed E-state index contributed by atoms with van der Waals surface area (Å²) in [6, 6.07) is 4.20. The van der Waals surface area contributed by atoms with Crippen LogP contribution in [0.15, 0.2) is 24.4 Å². The maximum atomic E-state index is 13.1. The molecule has 1 heterocycles. The number of nitrogens with zero attached hydrogens (tertiary/aromatic N) is 2. The van der Waals surface area contributed by atoms with Crippen LogP contribution in [0.25, 0.3) is 0 Å². The molecule has 0 saturated carbocycles. The lowest BCUT2D eigenvalue weighted by molar-refractivity contribution is 0.413. The van der Waals surface area contributed by atoms with Gasteiger partial charge in [0.2, 0.25) is 5.28 Å². The first-order chi connectivity index (χ1) is 8.60. The molecule has 1 aromatic carbocycles. The Hall–Kier alpha value is -1.88. The average molecular weight is 268 g/mol. The van der Waals surface area contributed by atoms with E-state index in [4.69, 9.17) is 16.3 Å². The van der Waals surface area contributed by atoms with Crippen LogP contribution in [0.2, 0.25) is 5.28 Å². The minimum absolute atomic E-state index is 0.143. The van der Waals surface area contributed by atoms with Crippen molar-refractivity contribution in [1.82, 2.24) is 9.97 Å². The second-order valence-corrected chi connectivity index (χ2v) is 3.98. The highest BCUT2D eigenvalue weighted by atomic mass is 35.5. The molecule has 0 aliphatic rings. The number of aromatic nitrogens is 2. The number of hydrogen-bond donors (Lipinski definition) is 1. The predicted molar refractivity (Wildman–Crippen MR) is 68.0 cm³/mol. The highest BCUT2D eigenvalue weighted by Crippen LogP contribution is 2.28. The second-order valence-electron chi connectivity index (χ2n) is 3.64. The standard InChI is InChI=1S/C12H11ClFN3O/c1-7-6-15-12(13)17-11(7)16-9-4-3-8(14)5-10(9)18-2/h3-6H,1-2H3,(H,15,16,17). The van der Waals surface area contributed by atoms with E-state index in [1.54, 1.807) is 12.3 Å². The normalized spacial score (nSPS) is 10.2. The number of halogens is 2. The smallest absolute Gasteiger partial charge is 0.224 e. The number of nitrogens with one attached hydrogen (secondary N) is 1. The van der Waals surface area contributed by atoms with Crippen molar-refractivity contribution >= 4 is 23.1 Å². The van der Waals surface area contributed by atoms with Crippen molar-refractivity contribution in [2.45, 2.75) is 6.92 Å². The third-order valence-electron chi connectivity index (χ3n) is 2.36. The summed E-state index contributed by atoms with van der Waals surface area (Å²) in [5.41, 5.74) is 1.43. The first kappa shape index (κ1) is 12.6. The molecule has 0 bridgehead atoms. The molecule has 0 spiro atoms. The van der Waals surface area contributed by atoms with E-state index in [0.29, 0.717) is 17.3 Å². The molecule has 18 heavy (non-hydrogen) atoms. The molecule has 4 nitrogen and oxygen atoms in total. The van der Waals surface area contributed by atoms with Crippen molar-refractivity contribution in [2.24, 2.45) is 0 Å². The van der Waals surface area contributed by atoms with E-state index < -0.39 is 0 Å². The van der Waals surface area contributed by atoms with Gasteiger partial charge in [0.05, 0.1) is 12.8 Å². The predicted octanol–water partition coefficient (Wildman–Crippen LogP) is 3.33. The molecule has 0 saturated heterocycles. The summed E-state index contributed by atoms with van der Waals surface area (Å²) < 4.78 is 18.2. The third-order valence-corrected chi connectivity index (χ3v) is 2.54. The van der Waals surface area contributed by atoms with Crippen molar-refractivity contribution in [1.29, 1.82) is 0 Å². The van der Waals surface area contributed by atoms with Gasteiger partial charge in [-0.1, -0.05) is 0 Å². The topological polar surface area (TPSA) is 47.0 Å². The Morgan fingerprint density at radius 3 is 2.89 bits per heavy atom. The summed E-state index contributed by atoms with van der Waals surface area (Å²) in [5, 5.41) is 3.18. The largest absolute Gasteiger partial charge is 0.494 e. The molecule has 0 unspecified atom stereocenters. The summed E-state index contributed by atoms with van der Waals surface area (Å²) in [6.07, 6.45) is 1.60. The molecule has 2 rings (SSSR count). The van der Waals surface area contributed by atoms with Gasteiger partial charge in [0.1, 0.15) is 17.4 Å². The molecule has 0 aliphatic heterocycles. The second kappa shape index (κ2) is 5.18. The van der Waals surface area contributed by atoms with Crippen LogP contribution >= 0.6 is 11.6 Å². The van der Waals surface area contributed by atoms with Gasteiger partial charge in [0.15, 0.2) is 0 Å². The van der Waals surface area contributed by atoms with Crippen LogP contribution in [-0.4, -0.2) is 17.1 Å². The van der Waals surface area contributed by atoms with Gasteiger partial charge in [-0.25, -0.2) is 14.4 Å². The van der Waals surface area contributed by atoms with Crippen LogP contribution in [0.1, 0.15) is 5.56 Å². The van der Waals surface area contributed by atoms with E-state index in [1.807, 2.05) is 6.92 Å². The fraction of sp³-hybridized carbons (Fsp3) is 0.167. The SMILES string of the molecule is COc1cc(F)ccc1Nc1nc(Cl)ncc1C. The molecule has 0 fully saturated rings. The highest BCUT2D eigenvalue weighted by Gasteiger charge is 2.08. The average Bonchev–Trinajstić information content (AvgIpc) is 2.36. The lowest BCUT2D eigenvalue weighted by atomic mass is 10.2. The minimum atomic E-state index is -0.366. The molecule has 1 N–H and O–H groups in total. The van der Waals surface area contributed by atoms with Gasteiger partial charge in [0, 0.05) is 17.8 Å². The molecule has 6 heteroatoms. The Labute approximate surface area is 109 Å². The molecule has 2 aromatic rings. The number of ether oxygens (including phenoxy) is 1. The number of rotatable bonds is 3. The number of hydrogen-bond acceptors (Lipinski definition) is 4. The lowest BCUT2D eigenvalue weighted by Crippen LogP contribution is -2.00. The van der Waals surface area contributed by atoms with Gasteiger partial charge < -0.3 is 10.1 Å². The third kappa shape index (κ3) is 2.68. The van der Waals surface area contributed by atoms with Crippen molar-refractivity contribution in [3.63, 3.8) is 0 Å². The van der Waals surface area contributed by atoms with Gasteiger partial charge >= 0.3 is 0 Å². The maximum Gasteiger partial charge on any atom is 0.224 e.